The summed E-state index contributed by atoms with van der Waals surface area (Å²) >= 11 is 7.92. The quantitative estimate of drug-likeness (QED) is 0.808. The molecule has 0 amide bonds. The first-order valence-electron chi connectivity index (χ1n) is 6.80. The molecule has 0 spiro atoms. The van der Waals surface area contributed by atoms with Crippen LogP contribution < -0.4 is 4.90 Å². The highest BCUT2D eigenvalue weighted by Gasteiger charge is 2.32. The third-order valence-electron chi connectivity index (χ3n) is 4.02. The minimum Gasteiger partial charge on any atom is -0.352 e. The lowest BCUT2D eigenvalue weighted by molar-refractivity contribution is 0.549. The predicted molar refractivity (Wildman–Crippen MR) is 82.4 cm³/mol. The highest BCUT2D eigenvalue weighted by Crippen LogP contribution is 2.35. The second kappa shape index (κ2) is 5.25. The topological polar surface area (TPSA) is 29.0 Å². The molecule has 1 aliphatic heterocycles. The summed E-state index contributed by atoms with van der Waals surface area (Å²) in [5, 5.41) is 1.19. The number of thiophene rings is 1. The fourth-order valence-corrected chi connectivity index (χ4v) is 4.20. The van der Waals surface area contributed by atoms with Gasteiger partial charge in [-0.25, -0.2) is 9.97 Å². The molecule has 0 saturated carbocycles. The van der Waals surface area contributed by atoms with Gasteiger partial charge in [0.05, 0.1) is 5.39 Å². The number of aryl methyl sites for hydroxylation is 1. The summed E-state index contributed by atoms with van der Waals surface area (Å²) in [6.07, 6.45) is 3.92. The molecule has 2 atom stereocenters. The van der Waals surface area contributed by atoms with E-state index in [1.165, 1.54) is 16.7 Å². The normalized spacial score (nSPS) is 23.4. The van der Waals surface area contributed by atoms with E-state index in [0.717, 1.165) is 23.6 Å². The summed E-state index contributed by atoms with van der Waals surface area (Å²) in [5.41, 5.74) is 0. The van der Waals surface area contributed by atoms with Crippen molar-refractivity contribution in [2.45, 2.75) is 32.7 Å². The molecule has 19 heavy (non-hydrogen) atoms. The molecular weight excluding hydrogens is 278 g/mol. The van der Waals surface area contributed by atoms with Crippen LogP contribution in [0.1, 0.15) is 25.1 Å². The van der Waals surface area contributed by atoms with Crippen LogP contribution in [-0.4, -0.2) is 28.4 Å². The van der Waals surface area contributed by atoms with Gasteiger partial charge < -0.3 is 4.90 Å². The number of nitrogens with zero attached hydrogens (tertiary/aromatic N) is 3. The number of halogens is 1. The maximum absolute atomic E-state index is 6.15. The van der Waals surface area contributed by atoms with Gasteiger partial charge in [-0.1, -0.05) is 13.8 Å². The minimum absolute atomic E-state index is 0.393. The minimum atomic E-state index is 0.393. The van der Waals surface area contributed by atoms with Crippen molar-refractivity contribution in [1.29, 1.82) is 0 Å². The van der Waals surface area contributed by atoms with Crippen LogP contribution in [0.3, 0.4) is 0 Å². The molecule has 102 valence electrons. The second-order valence-corrected chi connectivity index (χ2v) is 6.59. The van der Waals surface area contributed by atoms with E-state index in [1.54, 1.807) is 17.7 Å². The van der Waals surface area contributed by atoms with Gasteiger partial charge in [0.1, 0.15) is 17.0 Å². The Labute approximate surface area is 122 Å². The van der Waals surface area contributed by atoms with E-state index >= 15 is 0 Å². The van der Waals surface area contributed by atoms with Gasteiger partial charge in [0.2, 0.25) is 0 Å². The zero-order valence-corrected chi connectivity index (χ0v) is 12.8. The third kappa shape index (κ3) is 2.21. The number of anilines is 1. The fraction of sp³-hybridized carbons (Fsp3) is 0.571. The Morgan fingerprint density at radius 3 is 3.05 bits per heavy atom. The Balaban J connectivity index is 2.07. The summed E-state index contributed by atoms with van der Waals surface area (Å²) in [7, 11) is 0. The van der Waals surface area contributed by atoms with E-state index in [9.17, 15) is 0 Å². The lowest BCUT2D eigenvalue weighted by atomic mass is 10.1. The highest BCUT2D eigenvalue weighted by molar-refractivity contribution is 7.18. The maximum Gasteiger partial charge on any atom is 0.141 e. The van der Waals surface area contributed by atoms with Gasteiger partial charge in [0, 0.05) is 23.3 Å². The molecule has 0 bridgehead atoms. The molecule has 3 heterocycles. The lowest BCUT2D eigenvalue weighted by Crippen LogP contribution is -2.34. The van der Waals surface area contributed by atoms with Crippen LogP contribution >= 0.6 is 22.9 Å². The van der Waals surface area contributed by atoms with Crippen LogP contribution in [-0.2, 0) is 6.42 Å². The van der Waals surface area contributed by atoms with Crippen LogP contribution in [0.2, 0.25) is 0 Å². The summed E-state index contributed by atoms with van der Waals surface area (Å²) in [5.74, 6) is 2.36. The average molecular weight is 296 g/mol. The molecule has 1 aliphatic rings. The summed E-state index contributed by atoms with van der Waals surface area (Å²) < 4.78 is 0. The van der Waals surface area contributed by atoms with Crippen molar-refractivity contribution in [3.63, 3.8) is 0 Å². The van der Waals surface area contributed by atoms with Crippen molar-refractivity contribution in [2.75, 3.05) is 17.3 Å². The summed E-state index contributed by atoms with van der Waals surface area (Å²) in [4.78, 5) is 13.8. The number of rotatable bonds is 3. The van der Waals surface area contributed by atoms with Gasteiger partial charge in [-0.15, -0.1) is 22.9 Å². The molecule has 0 radical (unpaired) electrons. The van der Waals surface area contributed by atoms with E-state index in [-0.39, 0.29) is 0 Å². The van der Waals surface area contributed by atoms with Crippen molar-refractivity contribution in [1.82, 2.24) is 9.97 Å². The zero-order chi connectivity index (χ0) is 13.4. The van der Waals surface area contributed by atoms with Gasteiger partial charge in [-0.3, -0.25) is 0 Å². The van der Waals surface area contributed by atoms with Crippen LogP contribution in [0.15, 0.2) is 12.4 Å². The molecule has 3 rings (SSSR count). The van der Waals surface area contributed by atoms with Crippen LogP contribution in [0.5, 0.6) is 0 Å². The first kappa shape index (κ1) is 13.1. The predicted octanol–water partition coefficient (Wildman–Crippen LogP) is 3.71. The molecule has 3 nitrogen and oxygen atoms in total. The Morgan fingerprint density at radius 2 is 2.32 bits per heavy atom. The van der Waals surface area contributed by atoms with Gasteiger partial charge >= 0.3 is 0 Å². The van der Waals surface area contributed by atoms with Gasteiger partial charge in [0.25, 0.3) is 0 Å². The standard InChI is InChI=1S/C14H18ClN3S/c1-3-10-6-11-13(16-8-17-14(11)19-10)18-5-4-9(2)12(18)7-15/h6,8-9,12H,3-5,7H2,1-2H3. The first-order valence-corrected chi connectivity index (χ1v) is 8.15. The Hall–Kier alpha value is -0.870. The Bertz CT molecular complexity index is 583. The summed E-state index contributed by atoms with van der Waals surface area (Å²) in [6, 6.07) is 2.63. The largest absolute Gasteiger partial charge is 0.352 e. The Morgan fingerprint density at radius 1 is 1.47 bits per heavy atom. The van der Waals surface area contributed by atoms with Crippen molar-refractivity contribution in [3.8, 4) is 0 Å². The maximum atomic E-state index is 6.15. The Kier molecular flexibility index (Phi) is 3.63. The zero-order valence-electron chi connectivity index (χ0n) is 11.3. The van der Waals surface area contributed by atoms with Gasteiger partial charge in [-0.2, -0.15) is 0 Å². The van der Waals surface area contributed by atoms with E-state index in [1.807, 2.05) is 0 Å². The first-order chi connectivity index (χ1) is 9.24. The van der Waals surface area contributed by atoms with Crippen molar-refractivity contribution < 1.29 is 0 Å². The van der Waals surface area contributed by atoms with Crippen LogP contribution in [0, 0.1) is 5.92 Å². The monoisotopic (exact) mass is 295 g/mol. The third-order valence-corrected chi connectivity index (χ3v) is 5.52. The van der Waals surface area contributed by atoms with Crippen molar-refractivity contribution in [3.05, 3.63) is 17.3 Å². The molecule has 1 fully saturated rings. The van der Waals surface area contributed by atoms with Crippen LogP contribution in [0.25, 0.3) is 10.2 Å². The van der Waals surface area contributed by atoms with Crippen molar-refractivity contribution >= 4 is 39.0 Å². The molecule has 0 aliphatic carbocycles. The van der Waals surface area contributed by atoms with E-state index in [4.69, 9.17) is 11.6 Å². The smallest absolute Gasteiger partial charge is 0.141 e. The fourth-order valence-electron chi connectivity index (χ4n) is 2.80. The van der Waals surface area contributed by atoms with Gasteiger partial charge in [-0.05, 0) is 24.8 Å². The molecule has 2 aromatic heterocycles. The molecule has 2 aromatic rings. The average Bonchev–Trinajstić information content (AvgIpc) is 3.00. The van der Waals surface area contributed by atoms with E-state index < -0.39 is 0 Å². The van der Waals surface area contributed by atoms with E-state index in [2.05, 4.69) is 34.8 Å². The number of aromatic nitrogens is 2. The van der Waals surface area contributed by atoms with E-state index in [0.29, 0.717) is 17.8 Å². The molecular formula is C14H18ClN3S. The highest BCUT2D eigenvalue weighted by atomic mass is 35.5. The lowest BCUT2D eigenvalue weighted by Gasteiger charge is -2.26. The molecule has 1 saturated heterocycles. The number of fused-ring (bicyclic) bond motifs is 1. The number of hydrogen-bond donors (Lipinski definition) is 0. The molecule has 0 aromatic carbocycles. The molecule has 2 unspecified atom stereocenters. The number of alkyl halides is 1. The van der Waals surface area contributed by atoms with Crippen molar-refractivity contribution in [2.24, 2.45) is 5.92 Å². The molecule has 5 heteroatoms. The second-order valence-electron chi connectivity index (χ2n) is 5.16. The summed E-state index contributed by atoms with van der Waals surface area (Å²) in [6.45, 7) is 5.50. The van der Waals surface area contributed by atoms with Crippen LogP contribution in [0.4, 0.5) is 5.82 Å². The SMILES string of the molecule is CCc1cc2c(N3CCC(C)C3CCl)ncnc2s1. The number of hydrogen-bond acceptors (Lipinski definition) is 4. The molecule has 0 N–H and O–H groups in total. The van der Waals surface area contributed by atoms with Gasteiger partial charge in [0.15, 0.2) is 0 Å².